The quantitative estimate of drug-likeness (QED) is 0.781. The molecule has 0 unspecified atom stereocenters. The first-order valence-electron chi connectivity index (χ1n) is 3.46. The van der Waals surface area contributed by atoms with Crippen LogP contribution in [0, 0.1) is 0 Å². The predicted molar refractivity (Wildman–Crippen MR) is 55.1 cm³/mol. The lowest BCUT2D eigenvalue weighted by atomic mass is 10.3. The van der Waals surface area contributed by atoms with Gasteiger partial charge in [0, 0.05) is 0 Å². The van der Waals surface area contributed by atoms with Crippen LogP contribution in [0.25, 0.3) is 0 Å². The topological polar surface area (TPSA) is 80.4 Å². The normalized spacial score (nSPS) is 11.6. The van der Waals surface area contributed by atoms with E-state index in [1.165, 1.54) is 6.07 Å². The average molecular weight is 256 g/mol. The van der Waals surface area contributed by atoms with Crippen molar-refractivity contribution in [2.75, 3.05) is 11.7 Å². The minimum Gasteiger partial charge on any atom is -0.398 e. The van der Waals surface area contributed by atoms with E-state index in [0.717, 1.165) is 6.07 Å². The fourth-order valence-electron chi connectivity index (χ4n) is 0.883. The Morgan fingerprint density at radius 3 is 2.29 bits per heavy atom. The summed E-state index contributed by atoms with van der Waals surface area (Å²) in [7, 11) is -3.78. The molecule has 0 bridgehead atoms. The second-order valence-corrected chi connectivity index (χ2v) is 5.29. The predicted octanol–water partition coefficient (Wildman–Crippen LogP) is 1.30. The standard InChI is InChI=1S/C7H7Cl2NO3S/c8-4-1-6(10)7(2-5(4)9)14(12,13)3-11/h1-2,11H,3,10H2. The number of benzene rings is 1. The molecule has 3 N–H and O–H groups in total. The number of hydrogen-bond donors (Lipinski definition) is 2. The summed E-state index contributed by atoms with van der Waals surface area (Å²) in [6.45, 7) is 0. The minimum absolute atomic E-state index is 0.0338. The van der Waals surface area contributed by atoms with Crippen LogP contribution in [0.5, 0.6) is 0 Å². The first-order chi connectivity index (χ1) is 6.38. The van der Waals surface area contributed by atoms with Gasteiger partial charge in [-0.05, 0) is 12.1 Å². The summed E-state index contributed by atoms with van der Waals surface area (Å²) in [6.07, 6.45) is 0. The third-order valence-electron chi connectivity index (χ3n) is 1.56. The highest BCUT2D eigenvalue weighted by Gasteiger charge is 2.18. The summed E-state index contributed by atoms with van der Waals surface area (Å²) in [6, 6.07) is 2.34. The molecule has 0 saturated heterocycles. The number of aliphatic hydroxyl groups excluding tert-OH is 1. The number of rotatable bonds is 2. The number of aliphatic hydroxyl groups is 1. The van der Waals surface area contributed by atoms with E-state index in [-0.39, 0.29) is 20.6 Å². The molecule has 0 aromatic heterocycles. The SMILES string of the molecule is Nc1cc(Cl)c(Cl)cc1S(=O)(=O)CO. The van der Waals surface area contributed by atoms with Gasteiger partial charge in [-0.15, -0.1) is 0 Å². The average Bonchev–Trinajstić information content (AvgIpc) is 2.11. The number of anilines is 1. The van der Waals surface area contributed by atoms with E-state index in [9.17, 15) is 8.42 Å². The van der Waals surface area contributed by atoms with Crippen LogP contribution in [0.1, 0.15) is 0 Å². The van der Waals surface area contributed by atoms with E-state index in [2.05, 4.69) is 0 Å². The zero-order chi connectivity index (χ0) is 10.9. The van der Waals surface area contributed by atoms with Crippen LogP contribution < -0.4 is 5.73 Å². The zero-order valence-electron chi connectivity index (χ0n) is 6.87. The van der Waals surface area contributed by atoms with Gasteiger partial charge in [-0.2, -0.15) is 0 Å². The van der Waals surface area contributed by atoms with Crippen molar-refractivity contribution in [1.29, 1.82) is 0 Å². The molecule has 14 heavy (non-hydrogen) atoms. The molecule has 0 aliphatic heterocycles. The third kappa shape index (κ3) is 2.12. The van der Waals surface area contributed by atoms with E-state index in [4.69, 9.17) is 34.0 Å². The first kappa shape index (κ1) is 11.6. The molecule has 78 valence electrons. The van der Waals surface area contributed by atoms with Gasteiger partial charge in [0.1, 0.15) is 5.94 Å². The lowest BCUT2D eigenvalue weighted by molar-refractivity contribution is 0.358. The molecule has 0 aliphatic carbocycles. The van der Waals surface area contributed by atoms with Crippen molar-refractivity contribution < 1.29 is 13.5 Å². The van der Waals surface area contributed by atoms with Gasteiger partial charge in [-0.25, -0.2) is 8.42 Å². The van der Waals surface area contributed by atoms with Crippen molar-refractivity contribution in [3.8, 4) is 0 Å². The molecular weight excluding hydrogens is 249 g/mol. The summed E-state index contributed by atoms with van der Waals surface area (Å²) in [5, 5.41) is 8.86. The van der Waals surface area contributed by atoms with Gasteiger partial charge in [0.05, 0.1) is 20.6 Å². The molecule has 0 heterocycles. The lowest BCUT2D eigenvalue weighted by Gasteiger charge is -2.06. The number of sulfone groups is 1. The van der Waals surface area contributed by atoms with E-state index in [0.29, 0.717) is 0 Å². The summed E-state index contributed by atoms with van der Waals surface area (Å²) in [5.41, 5.74) is 5.38. The van der Waals surface area contributed by atoms with Crippen LogP contribution in [-0.4, -0.2) is 19.5 Å². The second kappa shape index (κ2) is 3.94. The first-order valence-corrected chi connectivity index (χ1v) is 5.87. The smallest absolute Gasteiger partial charge is 0.204 e. The Morgan fingerprint density at radius 2 is 1.79 bits per heavy atom. The second-order valence-electron chi connectivity index (χ2n) is 2.55. The molecule has 0 spiro atoms. The molecule has 0 radical (unpaired) electrons. The van der Waals surface area contributed by atoms with Gasteiger partial charge >= 0.3 is 0 Å². The highest BCUT2D eigenvalue weighted by atomic mass is 35.5. The van der Waals surface area contributed by atoms with Gasteiger partial charge < -0.3 is 10.8 Å². The van der Waals surface area contributed by atoms with Crippen LogP contribution >= 0.6 is 23.2 Å². The fraction of sp³-hybridized carbons (Fsp3) is 0.143. The Hall–Kier alpha value is -0.490. The molecule has 0 aliphatic rings. The Balaban J connectivity index is 3.45. The Bertz CT molecular complexity index is 458. The number of halogens is 2. The van der Waals surface area contributed by atoms with E-state index >= 15 is 0 Å². The Morgan fingerprint density at radius 1 is 1.29 bits per heavy atom. The summed E-state index contributed by atoms with van der Waals surface area (Å²) >= 11 is 11.2. The Kier molecular flexibility index (Phi) is 3.26. The summed E-state index contributed by atoms with van der Waals surface area (Å²) in [4.78, 5) is -0.214. The number of nitrogens with two attached hydrogens (primary N) is 1. The molecule has 1 aromatic rings. The molecule has 0 atom stereocenters. The van der Waals surface area contributed by atoms with Crippen LogP contribution in [0.15, 0.2) is 17.0 Å². The lowest BCUT2D eigenvalue weighted by Crippen LogP contribution is -2.08. The molecule has 0 amide bonds. The van der Waals surface area contributed by atoms with Crippen molar-refractivity contribution >= 4 is 38.7 Å². The summed E-state index contributed by atoms with van der Waals surface area (Å²) in [5.74, 6) is -1.02. The molecule has 7 heteroatoms. The monoisotopic (exact) mass is 255 g/mol. The van der Waals surface area contributed by atoms with E-state index < -0.39 is 15.8 Å². The highest BCUT2D eigenvalue weighted by Crippen LogP contribution is 2.30. The maximum atomic E-state index is 11.3. The van der Waals surface area contributed by atoms with Crippen molar-refractivity contribution in [2.24, 2.45) is 0 Å². The van der Waals surface area contributed by atoms with Gasteiger partial charge in [0.25, 0.3) is 0 Å². The third-order valence-corrected chi connectivity index (χ3v) is 3.64. The maximum Gasteiger partial charge on any atom is 0.204 e. The van der Waals surface area contributed by atoms with E-state index in [1.807, 2.05) is 0 Å². The fourth-order valence-corrected chi connectivity index (χ4v) is 2.14. The molecule has 1 rings (SSSR count). The van der Waals surface area contributed by atoms with Gasteiger partial charge in [-0.3, -0.25) is 0 Å². The van der Waals surface area contributed by atoms with Crippen molar-refractivity contribution in [3.05, 3.63) is 22.2 Å². The van der Waals surface area contributed by atoms with Gasteiger partial charge in [-0.1, -0.05) is 23.2 Å². The van der Waals surface area contributed by atoms with Crippen LogP contribution in [0.4, 0.5) is 5.69 Å². The number of hydrogen-bond acceptors (Lipinski definition) is 4. The maximum absolute atomic E-state index is 11.3. The summed E-state index contributed by atoms with van der Waals surface area (Å²) < 4.78 is 22.5. The van der Waals surface area contributed by atoms with Crippen molar-refractivity contribution in [1.82, 2.24) is 0 Å². The van der Waals surface area contributed by atoms with Crippen molar-refractivity contribution in [3.63, 3.8) is 0 Å². The van der Waals surface area contributed by atoms with Gasteiger partial charge in [0.15, 0.2) is 0 Å². The number of nitrogen functional groups attached to an aromatic ring is 1. The van der Waals surface area contributed by atoms with Crippen molar-refractivity contribution in [2.45, 2.75) is 4.90 Å². The van der Waals surface area contributed by atoms with Gasteiger partial charge in [0.2, 0.25) is 9.84 Å². The van der Waals surface area contributed by atoms with E-state index in [1.54, 1.807) is 0 Å². The molecule has 1 aromatic carbocycles. The minimum atomic E-state index is -3.78. The Labute approximate surface area is 91.2 Å². The molecule has 0 saturated carbocycles. The van der Waals surface area contributed by atoms with Crippen LogP contribution in [0.3, 0.4) is 0 Å². The van der Waals surface area contributed by atoms with Crippen LogP contribution in [-0.2, 0) is 9.84 Å². The largest absolute Gasteiger partial charge is 0.398 e. The molecular formula is C7H7Cl2NO3S. The molecule has 4 nitrogen and oxygen atoms in total. The van der Waals surface area contributed by atoms with Crippen LogP contribution in [0.2, 0.25) is 10.0 Å². The zero-order valence-corrected chi connectivity index (χ0v) is 9.20. The highest BCUT2D eigenvalue weighted by molar-refractivity contribution is 7.91. The molecule has 0 fully saturated rings.